The molecule has 9 heteroatoms. The van der Waals surface area contributed by atoms with Gasteiger partial charge in [-0.2, -0.15) is 0 Å². The van der Waals surface area contributed by atoms with Crippen LogP contribution < -0.4 is 15.4 Å². The molecule has 0 atom stereocenters. The van der Waals surface area contributed by atoms with E-state index in [0.717, 1.165) is 31.2 Å². The summed E-state index contributed by atoms with van der Waals surface area (Å²) in [6.07, 6.45) is 0. The lowest BCUT2D eigenvalue weighted by molar-refractivity contribution is 0.178. The molecule has 172 valence electrons. The van der Waals surface area contributed by atoms with Crippen LogP contribution in [0.5, 0.6) is 0 Å². The van der Waals surface area contributed by atoms with Crippen molar-refractivity contribution in [2.45, 2.75) is 58.1 Å². The van der Waals surface area contributed by atoms with Gasteiger partial charge in [0.1, 0.15) is 0 Å². The lowest BCUT2D eigenvalue weighted by Crippen LogP contribution is -2.45. The Morgan fingerprint density at radius 1 is 1.13 bits per heavy atom. The van der Waals surface area contributed by atoms with Crippen LogP contribution in [-0.4, -0.2) is 71.3 Å². The first kappa shape index (κ1) is 26.4. The number of benzene rings is 1. The van der Waals surface area contributed by atoms with E-state index in [1.807, 2.05) is 13.0 Å². The maximum Gasteiger partial charge on any atom is 0.240 e. The smallest absolute Gasteiger partial charge is 0.240 e. The Morgan fingerprint density at radius 3 is 2.43 bits per heavy atom. The molecule has 0 radical (unpaired) electrons. The van der Waals surface area contributed by atoms with Gasteiger partial charge < -0.3 is 15.4 Å². The predicted octanol–water partition coefficient (Wildman–Crippen LogP) is 1.79. The maximum absolute atomic E-state index is 12.4. The number of nitrogens with one attached hydrogen (secondary N) is 3. The SMILES string of the molecule is CCNC(=NCc1cccc(S(=O)(=O)NCCOC)c1)NCCN(C(C)C)C(C)C. The Hall–Kier alpha value is -1.68. The van der Waals surface area contributed by atoms with Crippen LogP contribution in [0, 0.1) is 0 Å². The van der Waals surface area contributed by atoms with E-state index in [9.17, 15) is 8.42 Å². The zero-order valence-electron chi connectivity index (χ0n) is 19.2. The summed E-state index contributed by atoms with van der Waals surface area (Å²) in [4.78, 5) is 7.26. The van der Waals surface area contributed by atoms with Crippen LogP contribution in [0.4, 0.5) is 0 Å². The van der Waals surface area contributed by atoms with Crippen LogP contribution in [0.3, 0.4) is 0 Å². The van der Waals surface area contributed by atoms with Gasteiger partial charge in [-0.3, -0.25) is 4.90 Å². The molecule has 1 rings (SSSR count). The van der Waals surface area contributed by atoms with Crippen molar-refractivity contribution in [1.82, 2.24) is 20.3 Å². The van der Waals surface area contributed by atoms with E-state index >= 15 is 0 Å². The number of hydrogen-bond donors (Lipinski definition) is 3. The zero-order valence-corrected chi connectivity index (χ0v) is 20.1. The van der Waals surface area contributed by atoms with Gasteiger partial charge in [0.15, 0.2) is 5.96 Å². The van der Waals surface area contributed by atoms with Gasteiger partial charge in [0.25, 0.3) is 0 Å². The molecule has 0 aliphatic heterocycles. The molecule has 3 N–H and O–H groups in total. The molecule has 0 saturated heterocycles. The largest absolute Gasteiger partial charge is 0.383 e. The first-order valence-electron chi connectivity index (χ1n) is 10.6. The van der Waals surface area contributed by atoms with E-state index in [-0.39, 0.29) is 11.4 Å². The molecule has 0 unspecified atom stereocenters. The average Bonchev–Trinajstić information content (AvgIpc) is 2.69. The Morgan fingerprint density at radius 2 is 1.83 bits per heavy atom. The topological polar surface area (TPSA) is 95.1 Å². The van der Waals surface area contributed by atoms with E-state index in [1.54, 1.807) is 18.2 Å². The summed E-state index contributed by atoms with van der Waals surface area (Å²) >= 11 is 0. The fourth-order valence-electron chi connectivity index (χ4n) is 3.10. The van der Waals surface area contributed by atoms with Gasteiger partial charge in [0, 0.05) is 45.4 Å². The highest BCUT2D eigenvalue weighted by molar-refractivity contribution is 7.89. The number of ether oxygens (including phenoxy) is 1. The summed E-state index contributed by atoms with van der Waals surface area (Å²) in [5.41, 5.74) is 0.827. The molecule has 0 amide bonds. The van der Waals surface area contributed by atoms with E-state index in [4.69, 9.17) is 4.74 Å². The Labute approximate surface area is 182 Å². The molecule has 8 nitrogen and oxygen atoms in total. The number of nitrogens with zero attached hydrogens (tertiary/aromatic N) is 2. The van der Waals surface area contributed by atoms with Crippen LogP contribution in [-0.2, 0) is 21.3 Å². The van der Waals surface area contributed by atoms with Crippen molar-refractivity contribution in [2.75, 3.05) is 39.9 Å². The summed E-state index contributed by atoms with van der Waals surface area (Å²) in [7, 11) is -2.03. The lowest BCUT2D eigenvalue weighted by Gasteiger charge is -2.30. The second-order valence-electron chi connectivity index (χ2n) is 7.59. The second kappa shape index (κ2) is 13.6. The number of methoxy groups -OCH3 is 1. The minimum Gasteiger partial charge on any atom is -0.383 e. The summed E-state index contributed by atoms with van der Waals surface area (Å²) in [5, 5.41) is 6.60. The van der Waals surface area contributed by atoms with Crippen molar-refractivity contribution < 1.29 is 13.2 Å². The van der Waals surface area contributed by atoms with Crippen molar-refractivity contribution in [1.29, 1.82) is 0 Å². The third kappa shape index (κ3) is 9.42. The summed E-state index contributed by atoms with van der Waals surface area (Å²) < 4.78 is 32.2. The number of hydrogen-bond acceptors (Lipinski definition) is 5. The first-order chi connectivity index (χ1) is 14.2. The fourth-order valence-corrected chi connectivity index (χ4v) is 4.18. The molecule has 0 heterocycles. The summed E-state index contributed by atoms with van der Waals surface area (Å²) in [6.45, 7) is 14.2. The predicted molar refractivity (Wildman–Crippen MR) is 123 cm³/mol. The van der Waals surface area contributed by atoms with Crippen LogP contribution in [0.25, 0.3) is 0 Å². The second-order valence-corrected chi connectivity index (χ2v) is 9.35. The van der Waals surface area contributed by atoms with Crippen molar-refractivity contribution in [3.63, 3.8) is 0 Å². The zero-order chi connectivity index (χ0) is 22.6. The maximum atomic E-state index is 12.4. The highest BCUT2D eigenvalue weighted by Crippen LogP contribution is 2.12. The molecule has 0 aliphatic rings. The van der Waals surface area contributed by atoms with E-state index in [0.29, 0.717) is 25.2 Å². The standard InChI is InChI=1S/C21H39N5O3S/c1-7-22-21(23-11-13-26(17(2)3)18(4)5)24-16-19-9-8-10-20(15-19)30(27,28)25-12-14-29-6/h8-10,15,17-18,25H,7,11-14,16H2,1-6H3,(H2,22,23,24). The van der Waals surface area contributed by atoms with Crippen LogP contribution >= 0.6 is 0 Å². The fraction of sp³-hybridized carbons (Fsp3) is 0.667. The molecule has 0 fully saturated rings. The molecule has 0 aromatic heterocycles. The quantitative estimate of drug-likeness (QED) is 0.245. The van der Waals surface area contributed by atoms with Gasteiger partial charge in [0.05, 0.1) is 18.0 Å². The number of guanidine groups is 1. The summed E-state index contributed by atoms with van der Waals surface area (Å²) in [5.74, 6) is 0.719. The number of aliphatic imine (C=N–C) groups is 1. The van der Waals surface area contributed by atoms with Crippen molar-refractivity contribution >= 4 is 16.0 Å². The molecular formula is C21H39N5O3S. The van der Waals surface area contributed by atoms with Gasteiger partial charge in [-0.25, -0.2) is 18.1 Å². The van der Waals surface area contributed by atoms with Crippen LogP contribution in [0.15, 0.2) is 34.2 Å². The van der Waals surface area contributed by atoms with Gasteiger partial charge >= 0.3 is 0 Å². The van der Waals surface area contributed by atoms with Gasteiger partial charge in [-0.05, 0) is 52.3 Å². The molecule has 0 spiro atoms. The molecule has 30 heavy (non-hydrogen) atoms. The monoisotopic (exact) mass is 441 g/mol. The number of rotatable bonds is 13. The number of sulfonamides is 1. The molecule has 1 aromatic carbocycles. The van der Waals surface area contributed by atoms with Crippen molar-refractivity contribution in [3.05, 3.63) is 29.8 Å². The van der Waals surface area contributed by atoms with Crippen molar-refractivity contribution in [3.8, 4) is 0 Å². The minimum atomic E-state index is -3.56. The van der Waals surface area contributed by atoms with E-state index in [1.165, 1.54) is 7.11 Å². The molecule has 1 aromatic rings. The highest BCUT2D eigenvalue weighted by Gasteiger charge is 2.14. The lowest BCUT2D eigenvalue weighted by atomic mass is 10.2. The molecular weight excluding hydrogens is 402 g/mol. The Bertz CT molecular complexity index is 743. The average molecular weight is 442 g/mol. The molecule has 0 saturated carbocycles. The Balaban J connectivity index is 2.76. The minimum absolute atomic E-state index is 0.230. The van der Waals surface area contributed by atoms with E-state index in [2.05, 4.69) is 52.9 Å². The van der Waals surface area contributed by atoms with Gasteiger partial charge in [-0.15, -0.1) is 0 Å². The molecule has 0 aliphatic carbocycles. The Kier molecular flexibility index (Phi) is 11.9. The highest BCUT2D eigenvalue weighted by atomic mass is 32.2. The van der Waals surface area contributed by atoms with Gasteiger partial charge in [-0.1, -0.05) is 12.1 Å². The third-order valence-corrected chi connectivity index (χ3v) is 6.02. The van der Waals surface area contributed by atoms with Crippen LogP contribution in [0.2, 0.25) is 0 Å². The van der Waals surface area contributed by atoms with E-state index < -0.39 is 10.0 Å². The van der Waals surface area contributed by atoms with Crippen molar-refractivity contribution in [2.24, 2.45) is 4.99 Å². The van der Waals surface area contributed by atoms with Gasteiger partial charge in [0.2, 0.25) is 10.0 Å². The first-order valence-corrected chi connectivity index (χ1v) is 12.0. The summed E-state index contributed by atoms with van der Waals surface area (Å²) in [6, 6.07) is 7.81. The third-order valence-electron chi connectivity index (χ3n) is 4.56. The molecule has 0 bridgehead atoms. The van der Waals surface area contributed by atoms with Crippen LogP contribution in [0.1, 0.15) is 40.2 Å². The normalized spacial score (nSPS) is 12.8.